The smallest absolute Gasteiger partial charge is 0.140 e. The molecule has 4 heteroatoms. The van der Waals surface area contributed by atoms with Crippen LogP contribution in [0.2, 0.25) is 0 Å². The van der Waals surface area contributed by atoms with Crippen LogP contribution in [0, 0.1) is 6.92 Å². The third-order valence-corrected chi connectivity index (χ3v) is 2.72. The molecule has 0 saturated carbocycles. The number of aryl methyl sites for hydroxylation is 1. The Hall–Kier alpha value is -1.55. The monoisotopic (exact) mass is 220 g/mol. The van der Waals surface area contributed by atoms with Crippen molar-refractivity contribution < 1.29 is 4.74 Å². The highest BCUT2D eigenvalue weighted by atomic mass is 32.1. The number of hydrogen-bond donors (Lipinski definition) is 1. The zero-order valence-corrected chi connectivity index (χ0v) is 9.25. The summed E-state index contributed by atoms with van der Waals surface area (Å²) >= 11 is 1.45. The van der Waals surface area contributed by atoms with E-state index in [-0.39, 0.29) is 0 Å². The molecule has 0 unspecified atom stereocenters. The van der Waals surface area contributed by atoms with E-state index in [4.69, 9.17) is 10.5 Å². The summed E-state index contributed by atoms with van der Waals surface area (Å²) in [6.45, 7) is 2.51. The molecule has 1 aromatic heterocycles. The summed E-state index contributed by atoms with van der Waals surface area (Å²) < 4.78 is 5.58. The van der Waals surface area contributed by atoms with E-state index in [9.17, 15) is 0 Å². The van der Waals surface area contributed by atoms with Gasteiger partial charge in [-0.3, -0.25) is 0 Å². The first-order valence-corrected chi connectivity index (χ1v) is 5.45. The molecule has 3 nitrogen and oxygen atoms in total. The van der Waals surface area contributed by atoms with E-state index < -0.39 is 0 Å². The Balaban J connectivity index is 1.99. The Kier molecular flexibility index (Phi) is 2.87. The first-order chi connectivity index (χ1) is 7.24. The second-order valence-electron chi connectivity index (χ2n) is 3.26. The second kappa shape index (κ2) is 4.31. The molecule has 0 amide bonds. The summed E-state index contributed by atoms with van der Waals surface area (Å²) in [5.74, 6) is 0.865. The Morgan fingerprint density at radius 3 is 3.00 bits per heavy atom. The van der Waals surface area contributed by atoms with Gasteiger partial charge in [0, 0.05) is 0 Å². The van der Waals surface area contributed by atoms with E-state index in [1.54, 1.807) is 6.20 Å². The van der Waals surface area contributed by atoms with Crippen molar-refractivity contribution in [3.8, 4) is 5.75 Å². The van der Waals surface area contributed by atoms with Crippen LogP contribution in [0.4, 0.5) is 5.00 Å². The van der Waals surface area contributed by atoms with Crippen molar-refractivity contribution in [1.82, 2.24) is 4.98 Å². The molecule has 15 heavy (non-hydrogen) atoms. The summed E-state index contributed by atoms with van der Waals surface area (Å²) in [6, 6.07) is 7.94. The zero-order chi connectivity index (χ0) is 10.7. The maximum absolute atomic E-state index is 5.58. The van der Waals surface area contributed by atoms with E-state index >= 15 is 0 Å². The minimum Gasteiger partial charge on any atom is -0.486 e. The molecule has 1 heterocycles. The molecule has 1 aromatic carbocycles. The average molecular weight is 220 g/mol. The highest BCUT2D eigenvalue weighted by Crippen LogP contribution is 2.18. The van der Waals surface area contributed by atoms with Gasteiger partial charge in [-0.2, -0.15) is 0 Å². The van der Waals surface area contributed by atoms with Gasteiger partial charge in [-0.1, -0.05) is 23.5 Å². The maximum Gasteiger partial charge on any atom is 0.140 e. The molecular weight excluding hydrogens is 208 g/mol. The quantitative estimate of drug-likeness (QED) is 0.865. The van der Waals surface area contributed by atoms with Crippen LogP contribution in [0.15, 0.2) is 30.5 Å². The SMILES string of the molecule is Cc1cccc(OCc2ncc(N)s2)c1. The fourth-order valence-electron chi connectivity index (χ4n) is 1.24. The maximum atomic E-state index is 5.58. The van der Waals surface area contributed by atoms with Crippen LogP contribution in [-0.4, -0.2) is 4.98 Å². The molecule has 0 bridgehead atoms. The molecule has 0 saturated heterocycles. The predicted octanol–water partition coefficient (Wildman–Crippen LogP) is 2.61. The van der Waals surface area contributed by atoms with E-state index in [0.717, 1.165) is 15.8 Å². The van der Waals surface area contributed by atoms with E-state index in [2.05, 4.69) is 4.98 Å². The lowest BCUT2D eigenvalue weighted by atomic mass is 10.2. The number of nitrogens with two attached hydrogens (primary N) is 1. The number of benzene rings is 1. The summed E-state index contributed by atoms with van der Waals surface area (Å²) in [5.41, 5.74) is 6.76. The van der Waals surface area contributed by atoms with Gasteiger partial charge in [-0.25, -0.2) is 4.98 Å². The van der Waals surface area contributed by atoms with Crippen LogP contribution in [-0.2, 0) is 6.61 Å². The molecule has 0 radical (unpaired) electrons. The molecule has 2 N–H and O–H groups in total. The first kappa shape index (κ1) is 9.98. The highest BCUT2D eigenvalue weighted by Gasteiger charge is 2.00. The third-order valence-electron chi connectivity index (χ3n) is 1.92. The lowest BCUT2D eigenvalue weighted by Gasteiger charge is -2.04. The minimum absolute atomic E-state index is 0.478. The lowest BCUT2D eigenvalue weighted by Crippen LogP contribution is -1.94. The first-order valence-electron chi connectivity index (χ1n) is 4.64. The van der Waals surface area contributed by atoms with E-state index in [1.807, 2.05) is 31.2 Å². The number of hydrogen-bond acceptors (Lipinski definition) is 4. The number of nitrogen functional groups attached to an aromatic ring is 1. The van der Waals surface area contributed by atoms with Crippen molar-refractivity contribution in [1.29, 1.82) is 0 Å². The molecule has 78 valence electrons. The van der Waals surface area contributed by atoms with Gasteiger partial charge in [0.05, 0.1) is 6.20 Å². The van der Waals surface area contributed by atoms with Crippen LogP contribution in [0.1, 0.15) is 10.6 Å². The summed E-state index contributed by atoms with van der Waals surface area (Å²) in [7, 11) is 0. The topological polar surface area (TPSA) is 48.1 Å². The van der Waals surface area contributed by atoms with Gasteiger partial charge >= 0.3 is 0 Å². The lowest BCUT2D eigenvalue weighted by molar-refractivity contribution is 0.305. The van der Waals surface area contributed by atoms with Crippen molar-refractivity contribution in [2.45, 2.75) is 13.5 Å². The minimum atomic E-state index is 0.478. The van der Waals surface area contributed by atoms with Gasteiger partial charge in [-0.15, -0.1) is 0 Å². The molecule has 2 rings (SSSR count). The van der Waals surface area contributed by atoms with Crippen LogP contribution < -0.4 is 10.5 Å². The van der Waals surface area contributed by atoms with Crippen molar-refractivity contribution in [3.05, 3.63) is 41.0 Å². The van der Waals surface area contributed by atoms with Gasteiger partial charge in [0.1, 0.15) is 22.4 Å². The van der Waals surface area contributed by atoms with Crippen molar-refractivity contribution in [2.24, 2.45) is 0 Å². The third kappa shape index (κ3) is 2.70. The van der Waals surface area contributed by atoms with Crippen LogP contribution in [0.25, 0.3) is 0 Å². The van der Waals surface area contributed by atoms with Crippen LogP contribution in [0.5, 0.6) is 5.75 Å². The van der Waals surface area contributed by atoms with Crippen molar-refractivity contribution in [3.63, 3.8) is 0 Å². The molecule has 2 aromatic rings. The Morgan fingerprint density at radius 2 is 2.33 bits per heavy atom. The van der Waals surface area contributed by atoms with E-state index in [1.165, 1.54) is 16.9 Å². The van der Waals surface area contributed by atoms with Gasteiger partial charge in [0.2, 0.25) is 0 Å². The van der Waals surface area contributed by atoms with Gasteiger partial charge in [0.15, 0.2) is 0 Å². The zero-order valence-electron chi connectivity index (χ0n) is 8.43. The second-order valence-corrected chi connectivity index (χ2v) is 4.41. The summed E-state index contributed by atoms with van der Waals surface area (Å²) in [5, 5.41) is 1.62. The number of rotatable bonds is 3. The molecule has 0 aliphatic carbocycles. The van der Waals surface area contributed by atoms with Crippen LogP contribution >= 0.6 is 11.3 Å². The molecule has 0 aliphatic rings. The normalized spacial score (nSPS) is 10.2. The van der Waals surface area contributed by atoms with E-state index in [0.29, 0.717) is 6.61 Å². The molecule has 0 aliphatic heterocycles. The van der Waals surface area contributed by atoms with Gasteiger partial charge in [0.25, 0.3) is 0 Å². The van der Waals surface area contributed by atoms with Crippen molar-refractivity contribution >= 4 is 16.3 Å². The average Bonchev–Trinajstić information content (AvgIpc) is 2.62. The van der Waals surface area contributed by atoms with Gasteiger partial charge < -0.3 is 10.5 Å². The fraction of sp³-hybridized carbons (Fsp3) is 0.182. The number of thiazole rings is 1. The number of aromatic nitrogens is 1. The highest BCUT2D eigenvalue weighted by molar-refractivity contribution is 7.15. The molecule has 0 fully saturated rings. The standard InChI is InChI=1S/C11H12N2OS/c1-8-3-2-4-9(5-8)14-7-11-13-6-10(12)15-11/h2-6H,7,12H2,1H3. The Labute approximate surface area is 92.5 Å². The Bertz CT molecular complexity index is 453. The van der Waals surface area contributed by atoms with Gasteiger partial charge in [-0.05, 0) is 24.6 Å². The number of anilines is 1. The summed E-state index contributed by atoms with van der Waals surface area (Å²) in [6.07, 6.45) is 1.65. The number of nitrogens with zero attached hydrogens (tertiary/aromatic N) is 1. The fourth-order valence-corrected chi connectivity index (χ4v) is 1.84. The predicted molar refractivity (Wildman–Crippen MR) is 62.0 cm³/mol. The largest absolute Gasteiger partial charge is 0.486 e. The summed E-state index contributed by atoms with van der Waals surface area (Å²) in [4.78, 5) is 4.12. The number of ether oxygens (including phenoxy) is 1. The molecule has 0 atom stereocenters. The Morgan fingerprint density at radius 1 is 1.47 bits per heavy atom. The van der Waals surface area contributed by atoms with Crippen molar-refractivity contribution in [2.75, 3.05) is 5.73 Å². The molecular formula is C11H12N2OS. The van der Waals surface area contributed by atoms with Crippen LogP contribution in [0.3, 0.4) is 0 Å². The molecule has 0 spiro atoms.